The molecule has 9 heteroatoms. The van der Waals surface area contributed by atoms with Crippen molar-refractivity contribution in [2.45, 2.75) is 19.2 Å². The quantitative estimate of drug-likeness (QED) is 0.417. The van der Waals surface area contributed by atoms with Crippen LogP contribution in [0.15, 0.2) is 59.7 Å². The number of carbonyl (C=O) groups excluding carboxylic acids is 1. The molecular formula is C17H15ClF3NO3S. The van der Waals surface area contributed by atoms with Crippen LogP contribution in [0.25, 0.3) is 0 Å². The molecule has 1 aromatic rings. The summed E-state index contributed by atoms with van der Waals surface area (Å²) in [4.78, 5) is 12.4. The largest absolute Gasteiger partial charge is 0.460 e. The Kier molecular flexibility index (Phi) is 6.66. The van der Waals surface area contributed by atoms with Gasteiger partial charge in [0.25, 0.3) is 0 Å². The van der Waals surface area contributed by atoms with Gasteiger partial charge in [-0.1, -0.05) is 42.0 Å². The van der Waals surface area contributed by atoms with Crippen molar-refractivity contribution in [3.8, 4) is 0 Å². The number of rotatable bonds is 6. The highest BCUT2D eigenvalue weighted by Crippen LogP contribution is 2.34. The predicted octanol–water partition coefficient (Wildman–Crippen LogP) is 4.84. The molecule has 1 unspecified atom stereocenters. The summed E-state index contributed by atoms with van der Waals surface area (Å²) in [5, 5.41) is 0.501. The molecule has 4 nitrogen and oxygen atoms in total. The summed E-state index contributed by atoms with van der Waals surface area (Å²) < 4.78 is 48.7. The maximum atomic E-state index is 12.7. The molecule has 0 bridgehead atoms. The second-order valence-corrected chi connectivity index (χ2v) is 6.30. The van der Waals surface area contributed by atoms with E-state index in [0.29, 0.717) is 22.6 Å². The van der Waals surface area contributed by atoms with Crippen molar-refractivity contribution >= 4 is 29.4 Å². The SMILES string of the molecule is C/C=C\C(=C/CSOC1=C(N)OC(c2ccc(Cl)cc2)C1=O)C(F)(F)F. The Labute approximate surface area is 157 Å². The summed E-state index contributed by atoms with van der Waals surface area (Å²) >= 11 is 6.46. The summed E-state index contributed by atoms with van der Waals surface area (Å²) in [5.74, 6) is -1.07. The lowest BCUT2D eigenvalue weighted by Gasteiger charge is -2.09. The van der Waals surface area contributed by atoms with Gasteiger partial charge in [-0.25, -0.2) is 0 Å². The van der Waals surface area contributed by atoms with Crippen molar-refractivity contribution in [2.75, 3.05) is 5.75 Å². The third kappa shape index (κ3) is 4.98. The predicted molar refractivity (Wildman–Crippen MR) is 94.0 cm³/mol. The molecule has 1 heterocycles. The summed E-state index contributed by atoms with van der Waals surface area (Å²) in [6.45, 7) is 1.49. The number of allylic oxidation sites excluding steroid dienone is 3. The van der Waals surface area contributed by atoms with Crippen molar-refractivity contribution in [1.29, 1.82) is 0 Å². The van der Waals surface area contributed by atoms with Crippen LogP contribution in [0.3, 0.4) is 0 Å². The lowest BCUT2D eigenvalue weighted by atomic mass is 10.1. The van der Waals surface area contributed by atoms with Crippen LogP contribution < -0.4 is 5.73 Å². The van der Waals surface area contributed by atoms with Gasteiger partial charge in [-0.15, -0.1) is 0 Å². The minimum atomic E-state index is -4.46. The Hall–Kier alpha value is -2.06. The standard InChI is InChI=1S/C17H15ClF3NO3S/c1-2-3-11(17(19,20)21)8-9-26-25-15-13(23)14(24-16(15)22)10-4-6-12(18)7-5-10/h2-8,14H,9,22H2,1H3/b3-2-,11-8+. The van der Waals surface area contributed by atoms with Gasteiger partial charge in [0.05, 0.1) is 23.4 Å². The molecule has 140 valence electrons. The minimum absolute atomic E-state index is 0.130. The van der Waals surface area contributed by atoms with E-state index in [0.717, 1.165) is 12.2 Å². The monoisotopic (exact) mass is 405 g/mol. The molecule has 0 saturated carbocycles. The van der Waals surface area contributed by atoms with Crippen LogP contribution in [0.4, 0.5) is 13.2 Å². The van der Waals surface area contributed by atoms with E-state index in [2.05, 4.69) is 0 Å². The normalized spacial score (nSPS) is 18.6. The van der Waals surface area contributed by atoms with E-state index >= 15 is 0 Å². The fourth-order valence-corrected chi connectivity index (χ4v) is 2.81. The van der Waals surface area contributed by atoms with Crippen LogP contribution in [-0.2, 0) is 13.7 Å². The van der Waals surface area contributed by atoms with Crippen molar-refractivity contribution in [3.05, 3.63) is 70.3 Å². The fourth-order valence-electron chi connectivity index (χ4n) is 2.09. The lowest BCUT2D eigenvalue weighted by molar-refractivity contribution is -0.122. The zero-order valence-corrected chi connectivity index (χ0v) is 15.1. The molecule has 0 radical (unpaired) electrons. The minimum Gasteiger partial charge on any atom is -0.460 e. The molecule has 0 amide bonds. The molecule has 1 aliphatic heterocycles. The summed E-state index contributed by atoms with van der Waals surface area (Å²) in [7, 11) is 0. The molecule has 2 N–H and O–H groups in total. The maximum absolute atomic E-state index is 12.7. The summed E-state index contributed by atoms with van der Waals surface area (Å²) in [6.07, 6.45) is -2.23. The van der Waals surface area contributed by atoms with Crippen molar-refractivity contribution < 1.29 is 26.9 Å². The highest BCUT2D eigenvalue weighted by atomic mass is 35.5. The van der Waals surface area contributed by atoms with Crippen LogP contribution in [0.5, 0.6) is 0 Å². The number of ether oxygens (including phenoxy) is 1. The summed E-state index contributed by atoms with van der Waals surface area (Å²) in [6, 6.07) is 6.43. The Morgan fingerprint density at radius 2 is 2.04 bits per heavy atom. The number of Topliss-reactive ketones (excluding diaryl/α,β-unsaturated/α-hetero) is 1. The molecule has 1 aliphatic rings. The van der Waals surface area contributed by atoms with E-state index in [-0.39, 0.29) is 17.4 Å². The Balaban J connectivity index is 1.98. The number of hydrogen-bond acceptors (Lipinski definition) is 5. The molecule has 26 heavy (non-hydrogen) atoms. The van der Waals surface area contributed by atoms with Gasteiger partial charge in [-0.2, -0.15) is 13.2 Å². The lowest BCUT2D eigenvalue weighted by Crippen LogP contribution is -2.11. The van der Waals surface area contributed by atoms with Crippen LogP contribution in [0.2, 0.25) is 5.02 Å². The van der Waals surface area contributed by atoms with Gasteiger partial charge in [-0.3, -0.25) is 4.79 Å². The first kappa shape index (κ1) is 20.3. The van der Waals surface area contributed by atoms with Gasteiger partial charge < -0.3 is 14.7 Å². The number of benzene rings is 1. The molecule has 0 saturated heterocycles. The van der Waals surface area contributed by atoms with Crippen LogP contribution in [0.1, 0.15) is 18.6 Å². The van der Waals surface area contributed by atoms with Gasteiger partial charge in [0.15, 0.2) is 6.10 Å². The van der Waals surface area contributed by atoms with Gasteiger partial charge in [0.2, 0.25) is 17.4 Å². The third-order valence-electron chi connectivity index (χ3n) is 3.29. The highest BCUT2D eigenvalue weighted by molar-refractivity contribution is 7.94. The van der Waals surface area contributed by atoms with Gasteiger partial charge in [0.1, 0.15) is 0 Å². The first-order valence-electron chi connectivity index (χ1n) is 7.39. The van der Waals surface area contributed by atoms with E-state index in [1.807, 2.05) is 0 Å². The molecule has 2 rings (SSSR count). The maximum Gasteiger partial charge on any atom is 0.416 e. The van der Waals surface area contributed by atoms with Crippen LogP contribution >= 0.6 is 23.6 Å². The number of carbonyl (C=O) groups is 1. The van der Waals surface area contributed by atoms with Crippen molar-refractivity contribution in [2.24, 2.45) is 5.73 Å². The zero-order valence-electron chi connectivity index (χ0n) is 13.5. The molecule has 1 aromatic carbocycles. The molecule has 0 fully saturated rings. The van der Waals surface area contributed by atoms with Crippen molar-refractivity contribution in [3.63, 3.8) is 0 Å². The molecule has 0 aliphatic carbocycles. The Bertz CT molecular complexity index is 758. The number of hydrogen-bond donors (Lipinski definition) is 1. The van der Waals surface area contributed by atoms with Gasteiger partial charge in [0, 0.05) is 10.6 Å². The number of alkyl halides is 3. The average Bonchev–Trinajstić information content (AvgIpc) is 2.85. The third-order valence-corrected chi connectivity index (χ3v) is 4.13. The fraction of sp³-hybridized carbons (Fsp3) is 0.235. The van der Waals surface area contributed by atoms with Gasteiger partial charge >= 0.3 is 6.18 Å². The van der Waals surface area contributed by atoms with E-state index in [1.165, 1.54) is 13.0 Å². The number of ketones is 1. The first-order chi connectivity index (χ1) is 12.2. The Morgan fingerprint density at radius 3 is 2.62 bits per heavy atom. The highest BCUT2D eigenvalue weighted by Gasteiger charge is 2.37. The molecular weight excluding hydrogens is 391 g/mol. The second kappa shape index (κ2) is 8.55. The van der Waals surface area contributed by atoms with E-state index < -0.39 is 23.6 Å². The van der Waals surface area contributed by atoms with E-state index in [9.17, 15) is 18.0 Å². The molecule has 0 aromatic heterocycles. The van der Waals surface area contributed by atoms with E-state index in [1.54, 1.807) is 24.3 Å². The van der Waals surface area contributed by atoms with Crippen LogP contribution in [0, 0.1) is 0 Å². The first-order valence-corrected chi connectivity index (χ1v) is 8.68. The Morgan fingerprint density at radius 1 is 1.38 bits per heavy atom. The van der Waals surface area contributed by atoms with E-state index in [4.69, 9.17) is 26.3 Å². The summed E-state index contributed by atoms with van der Waals surface area (Å²) in [5.41, 5.74) is 5.39. The zero-order chi connectivity index (χ0) is 19.3. The second-order valence-electron chi connectivity index (χ2n) is 5.13. The smallest absolute Gasteiger partial charge is 0.416 e. The number of halogens is 4. The molecule has 0 spiro atoms. The van der Waals surface area contributed by atoms with Crippen molar-refractivity contribution in [1.82, 2.24) is 0 Å². The van der Waals surface area contributed by atoms with Gasteiger partial charge in [-0.05, 0) is 19.1 Å². The average molecular weight is 406 g/mol. The number of nitrogens with two attached hydrogens (primary N) is 1. The van der Waals surface area contributed by atoms with Crippen LogP contribution in [-0.4, -0.2) is 17.7 Å². The molecule has 1 atom stereocenters. The topological polar surface area (TPSA) is 61.6 Å².